The molecule has 2 rings (SSSR count). The molecule has 5 heteroatoms. The van der Waals surface area contributed by atoms with E-state index >= 15 is 0 Å². The van der Waals surface area contributed by atoms with Crippen LogP contribution in [0.1, 0.15) is 26.3 Å². The van der Waals surface area contributed by atoms with Gasteiger partial charge in [-0.1, -0.05) is 18.2 Å². The molecule has 0 aromatic heterocycles. The zero-order chi connectivity index (χ0) is 14.2. The molecule has 0 spiro atoms. The minimum atomic E-state index is -0.652. The highest BCUT2D eigenvalue weighted by molar-refractivity contribution is 6.17. The van der Waals surface area contributed by atoms with Crippen LogP contribution in [-0.4, -0.2) is 17.6 Å². The molecular formula is C14H16N2O3. The number of amides is 2. The van der Waals surface area contributed by atoms with Gasteiger partial charge in [0.1, 0.15) is 11.3 Å². The predicted octanol–water partition coefficient (Wildman–Crippen LogP) is 0.788. The molecule has 0 unspecified atom stereocenters. The lowest BCUT2D eigenvalue weighted by molar-refractivity contribution is -0.113. The van der Waals surface area contributed by atoms with Crippen LogP contribution in [0.5, 0.6) is 0 Å². The minimum Gasteiger partial charge on any atom is -0.444 e. The molecule has 0 aliphatic carbocycles. The van der Waals surface area contributed by atoms with Crippen LogP contribution in [0.3, 0.4) is 0 Å². The summed E-state index contributed by atoms with van der Waals surface area (Å²) in [5, 5.41) is 3.73. The number of hydrogen-bond donors (Lipinski definition) is 1. The fourth-order valence-corrected chi connectivity index (χ4v) is 1.81. The van der Waals surface area contributed by atoms with Crippen molar-refractivity contribution in [2.75, 3.05) is 0 Å². The number of rotatable bonds is 1. The number of ether oxygens (including phenoxy) is 1. The van der Waals surface area contributed by atoms with E-state index in [1.807, 2.05) is 19.1 Å². The molecule has 1 N–H and O–H groups in total. The lowest BCUT2D eigenvalue weighted by Gasteiger charge is -2.19. The first-order chi connectivity index (χ1) is 8.78. The number of para-hydroxylation sites is 1. The number of carbonyl (C=O) groups excluding carboxylic acids is 2. The molecule has 19 heavy (non-hydrogen) atoms. The first kappa shape index (κ1) is 13.3. The van der Waals surface area contributed by atoms with Gasteiger partial charge in [-0.3, -0.25) is 10.1 Å². The van der Waals surface area contributed by atoms with Gasteiger partial charge in [-0.15, -0.1) is 0 Å². The van der Waals surface area contributed by atoms with Crippen molar-refractivity contribution in [1.82, 2.24) is 5.32 Å². The van der Waals surface area contributed by atoms with Crippen LogP contribution in [0.2, 0.25) is 0 Å². The summed E-state index contributed by atoms with van der Waals surface area (Å²) in [5.41, 5.74) is 0.457. The second-order valence-corrected chi connectivity index (χ2v) is 5.39. The molecule has 1 aliphatic rings. The Kier molecular flexibility index (Phi) is 3.14. The monoisotopic (exact) mass is 260 g/mol. The molecule has 0 radical (unpaired) electrons. The topological polar surface area (TPSA) is 67.8 Å². The molecular weight excluding hydrogens is 244 g/mol. The molecule has 1 aromatic rings. The Morgan fingerprint density at radius 1 is 1.32 bits per heavy atom. The summed E-state index contributed by atoms with van der Waals surface area (Å²) in [5.74, 6) is -0.449. The van der Waals surface area contributed by atoms with Crippen LogP contribution >= 0.6 is 0 Å². The zero-order valence-electron chi connectivity index (χ0n) is 11.4. The number of hydrogen-bond acceptors (Lipinski definition) is 3. The molecule has 0 fully saturated rings. The molecule has 1 aliphatic heterocycles. The second kappa shape index (κ2) is 4.50. The maximum Gasteiger partial charge on any atom is 0.412 e. The quantitative estimate of drug-likeness (QED) is 0.811. The highest BCUT2D eigenvalue weighted by atomic mass is 16.6. The van der Waals surface area contributed by atoms with Crippen LogP contribution in [0.25, 0.3) is 5.70 Å². The van der Waals surface area contributed by atoms with Gasteiger partial charge in [0.25, 0.3) is 5.91 Å². The molecule has 100 valence electrons. The van der Waals surface area contributed by atoms with Crippen LogP contribution in [0.4, 0.5) is 4.79 Å². The van der Waals surface area contributed by atoms with E-state index in [1.165, 1.54) is 0 Å². The summed E-state index contributed by atoms with van der Waals surface area (Å²) >= 11 is 0. The molecule has 1 aromatic carbocycles. The van der Waals surface area contributed by atoms with Gasteiger partial charge in [-0.2, -0.15) is 0 Å². The molecule has 0 bridgehead atoms. The van der Waals surface area contributed by atoms with Crippen molar-refractivity contribution in [2.45, 2.75) is 33.3 Å². The van der Waals surface area contributed by atoms with Crippen molar-refractivity contribution < 1.29 is 14.3 Å². The Balaban J connectivity index is 2.36. The minimum absolute atomic E-state index is 0.174. The smallest absolute Gasteiger partial charge is 0.412 e. The average Bonchev–Trinajstić information content (AvgIpc) is 2.55. The van der Waals surface area contributed by atoms with Gasteiger partial charge in [-0.25, -0.2) is 9.79 Å². The summed E-state index contributed by atoms with van der Waals surface area (Å²) in [6, 6.07) is 5.44. The van der Waals surface area contributed by atoms with Gasteiger partial charge in [0.2, 0.25) is 0 Å². The summed E-state index contributed by atoms with van der Waals surface area (Å²) in [4.78, 5) is 27.5. The summed E-state index contributed by atoms with van der Waals surface area (Å²) in [6.45, 7) is 7.15. The Bertz CT molecular complexity index is 669. The third-order valence-corrected chi connectivity index (χ3v) is 2.56. The van der Waals surface area contributed by atoms with E-state index in [1.54, 1.807) is 26.8 Å². The first-order valence-electron chi connectivity index (χ1n) is 6.01. The molecule has 1 heterocycles. The van der Waals surface area contributed by atoms with Crippen molar-refractivity contribution in [3.63, 3.8) is 0 Å². The van der Waals surface area contributed by atoms with Crippen LogP contribution in [0.15, 0.2) is 23.2 Å². The van der Waals surface area contributed by atoms with Gasteiger partial charge in [0.15, 0.2) is 0 Å². The third-order valence-electron chi connectivity index (χ3n) is 2.56. The van der Waals surface area contributed by atoms with E-state index in [9.17, 15) is 9.59 Å². The van der Waals surface area contributed by atoms with Gasteiger partial charge in [0.05, 0.1) is 5.36 Å². The average molecular weight is 260 g/mol. The number of fused-ring (bicyclic) bond motifs is 1. The normalized spacial score (nSPS) is 13.9. The SMILES string of the molecule is Cc1cccc2c1=NC(=O)C=2NC(=O)OC(C)(C)C. The Labute approximate surface area is 111 Å². The number of aryl methyl sites for hydroxylation is 1. The maximum atomic E-state index is 11.8. The van der Waals surface area contributed by atoms with Gasteiger partial charge in [0, 0.05) is 5.22 Å². The highest BCUT2D eigenvalue weighted by Crippen LogP contribution is 2.08. The largest absolute Gasteiger partial charge is 0.444 e. The van der Waals surface area contributed by atoms with Crippen LogP contribution < -0.4 is 15.9 Å². The van der Waals surface area contributed by atoms with Crippen molar-refractivity contribution in [3.8, 4) is 0 Å². The number of nitrogens with zero attached hydrogens (tertiary/aromatic N) is 1. The van der Waals surface area contributed by atoms with Crippen molar-refractivity contribution in [3.05, 3.63) is 34.3 Å². The van der Waals surface area contributed by atoms with Crippen LogP contribution in [-0.2, 0) is 9.53 Å². The summed E-state index contributed by atoms with van der Waals surface area (Å²) in [7, 11) is 0. The number of nitrogens with one attached hydrogen (secondary N) is 1. The van der Waals surface area contributed by atoms with Crippen molar-refractivity contribution >= 4 is 17.7 Å². The predicted molar refractivity (Wildman–Crippen MR) is 69.7 cm³/mol. The van der Waals surface area contributed by atoms with Gasteiger partial charge >= 0.3 is 6.09 Å². The third kappa shape index (κ3) is 2.81. The van der Waals surface area contributed by atoms with Crippen LogP contribution in [0, 0.1) is 6.92 Å². The van der Waals surface area contributed by atoms with E-state index in [0.717, 1.165) is 5.56 Å². The molecule has 0 saturated carbocycles. The first-order valence-corrected chi connectivity index (χ1v) is 6.01. The zero-order valence-corrected chi connectivity index (χ0v) is 11.4. The summed E-state index contributed by atoms with van der Waals surface area (Å²) in [6.07, 6.45) is -0.652. The number of alkyl carbamates (subject to hydrolysis) is 1. The van der Waals surface area contributed by atoms with Gasteiger partial charge in [-0.05, 0) is 33.3 Å². The lowest BCUT2D eigenvalue weighted by atomic mass is 10.2. The fourth-order valence-electron chi connectivity index (χ4n) is 1.81. The van der Waals surface area contributed by atoms with E-state index in [2.05, 4.69) is 10.3 Å². The highest BCUT2D eigenvalue weighted by Gasteiger charge is 2.22. The van der Waals surface area contributed by atoms with Crippen molar-refractivity contribution in [1.29, 1.82) is 0 Å². The standard InChI is InChI=1S/C14H16N2O3/c1-8-6-5-7-9-10(8)15-12(17)11(9)16-13(18)19-14(2,3)4/h5-7H,1-4H3,(H,15,16,17,18). The number of carbonyl (C=O) groups is 2. The Hall–Kier alpha value is -2.17. The van der Waals surface area contributed by atoms with Crippen molar-refractivity contribution in [2.24, 2.45) is 4.99 Å². The Morgan fingerprint density at radius 2 is 2.00 bits per heavy atom. The maximum absolute atomic E-state index is 11.8. The van der Waals surface area contributed by atoms with E-state index in [4.69, 9.17) is 4.74 Å². The van der Waals surface area contributed by atoms with E-state index < -0.39 is 17.6 Å². The molecule has 0 saturated heterocycles. The van der Waals surface area contributed by atoms with E-state index in [0.29, 0.717) is 10.6 Å². The second-order valence-electron chi connectivity index (χ2n) is 5.39. The molecule has 5 nitrogen and oxygen atoms in total. The fraction of sp³-hybridized carbons (Fsp3) is 0.357. The lowest BCUT2D eigenvalue weighted by Crippen LogP contribution is -2.36. The Morgan fingerprint density at radius 3 is 2.63 bits per heavy atom. The van der Waals surface area contributed by atoms with Gasteiger partial charge < -0.3 is 4.74 Å². The molecule has 2 amide bonds. The summed E-state index contributed by atoms with van der Waals surface area (Å²) < 4.78 is 5.13. The molecule has 0 atom stereocenters. The van der Waals surface area contributed by atoms with E-state index in [-0.39, 0.29) is 5.70 Å². The number of benzene rings is 1.